The van der Waals surface area contributed by atoms with E-state index < -0.39 is 5.82 Å². The molecule has 1 aromatic carbocycles. The first-order chi connectivity index (χ1) is 10.0. The molecule has 0 radical (unpaired) electrons. The molecule has 0 aliphatic rings. The van der Waals surface area contributed by atoms with Crippen LogP contribution in [-0.2, 0) is 11.3 Å². The van der Waals surface area contributed by atoms with Gasteiger partial charge in [0.05, 0.1) is 6.61 Å². The van der Waals surface area contributed by atoms with E-state index in [1.54, 1.807) is 13.2 Å². The third-order valence-electron chi connectivity index (χ3n) is 3.63. The van der Waals surface area contributed by atoms with Gasteiger partial charge in [-0.15, -0.1) is 0 Å². The lowest BCUT2D eigenvalue weighted by molar-refractivity contribution is 0.118. The molecule has 0 spiro atoms. The van der Waals surface area contributed by atoms with Gasteiger partial charge in [0.1, 0.15) is 5.82 Å². The predicted molar refractivity (Wildman–Crippen MR) is 80.9 cm³/mol. The first kappa shape index (κ1) is 17.4. The Labute approximate surface area is 125 Å². The lowest BCUT2D eigenvalue weighted by atomic mass is 10.0. The minimum absolute atomic E-state index is 0.0830. The number of amidine groups is 1. The molecule has 0 aliphatic carbocycles. The number of hydrogen-bond acceptors (Lipinski definition) is 4. The zero-order valence-electron chi connectivity index (χ0n) is 12.8. The molecule has 6 heteroatoms. The van der Waals surface area contributed by atoms with Crippen molar-refractivity contribution in [3.05, 3.63) is 35.1 Å². The van der Waals surface area contributed by atoms with Crippen LogP contribution in [0.25, 0.3) is 0 Å². The topological polar surface area (TPSA) is 71.1 Å². The molecule has 0 aliphatic heterocycles. The van der Waals surface area contributed by atoms with E-state index in [1.165, 1.54) is 12.1 Å². The van der Waals surface area contributed by atoms with Gasteiger partial charge in [-0.3, -0.25) is 4.90 Å². The van der Waals surface area contributed by atoms with Crippen molar-refractivity contribution in [2.24, 2.45) is 10.9 Å². The van der Waals surface area contributed by atoms with Crippen molar-refractivity contribution < 1.29 is 14.3 Å². The highest BCUT2D eigenvalue weighted by Gasteiger charge is 2.16. The molecule has 0 saturated carbocycles. The largest absolute Gasteiger partial charge is 0.409 e. The number of nitrogens with two attached hydrogens (primary N) is 1. The van der Waals surface area contributed by atoms with Crippen molar-refractivity contribution in [1.29, 1.82) is 0 Å². The molecule has 1 rings (SSSR count). The van der Waals surface area contributed by atoms with Crippen molar-refractivity contribution in [2.75, 3.05) is 20.3 Å². The van der Waals surface area contributed by atoms with E-state index in [4.69, 9.17) is 15.7 Å². The maximum absolute atomic E-state index is 13.4. The van der Waals surface area contributed by atoms with Crippen LogP contribution in [0.1, 0.15) is 31.4 Å². The van der Waals surface area contributed by atoms with Gasteiger partial charge in [-0.05, 0) is 31.0 Å². The summed E-state index contributed by atoms with van der Waals surface area (Å²) in [5.41, 5.74) is 6.88. The second-order valence-electron chi connectivity index (χ2n) is 5.01. The SMILES string of the molecule is CCC(C)N(CCOC)Cc1ccc(F)cc1C(N)=NO. The Kier molecular flexibility index (Phi) is 7.11. The van der Waals surface area contributed by atoms with E-state index in [2.05, 4.69) is 23.9 Å². The summed E-state index contributed by atoms with van der Waals surface area (Å²) in [6.45, 7) is 6.20. The van der Waals surface area contributed by atoms with Crippen LogP contribution in [0, 0.1) is 5.82 Å². The number of rotatable bonds is 8. The van der Waals surface area contributed by atoms with Gasteiger partial charge < -0.3 is 15.7 Å². The number of ether oxygens (including phenoxy) is 1. The molecule has 0 bridgehead atoms. The maximum Gasteiger partial charge on any atom is 0.170 e. The molecule has 21 heavy (non-hydrogen) atoms. The van der Waals surface area contributed by atoms with Crippen LogP contribution in [0.15, 0.2) is 23.4 Å². The molecule has 1 atom stereocenters. The van der Waals surface area contributed by atoms with Crippen LogP contribution in [0.2, 0.25) is 0 Å². The molecule has 0 aromatic heterocycles. The molecule has 1 aromatic rings. The number of methoxy groups -OCH3 is 1. The highest BCUT2D eigenvalue weighted by molar-refractivity contribution is 5.98. The first-order valence-electron chi connectivity index (χ1n) is 7.02. The molecule has 0 fully saturated rings. The molecule has 118 valence electrons. The summed E-state index contributed by atoms with van der Waals surface area (Å²) >= 11 is 0. The number of oxime groups is 1. The van der Waals surface area contributed by atoms with E-state index >= 15 is 0 Å². The molecule has 3 N–H and O–H groups in total. The van der Waals surface area contributed by atoms with Crippen molar-refractivity contribution >= 4 is 5.84 Å². The summed E-state index contributed by atoms with van der Waals surface area (Å²) < 4.78 is 18.5. The van der Waals surface area contributed by atoms with Crippen LogP contribution in [-0.4, -0.2) is 42.2 Å². The molecule has 5 nitrogen and oxygen atoms in total. The van der Waals surface area contributed by atoms with Crippen molar-refractivity contribution in [3.63, 3.8) is 0 Å². The van der Waals surface area contributed by atoms with E-state index in [9.17, 15) is 4.39 Å². The standard InChI is InChI=1S/C15H24FN3O2/c1-4-11(2)19(7-8-21-3)10-12-5-6-13(16)9-14(12)15(17)18-20/h5-6,9,11,20H,4,7-8,10H2,1-3H3,(H2,17,18). The fourth-order valence-corrected chi connectivity index (χ4v) is 2.12. The maximum atomic E-state index is 13.4. The van der Waals surface area contributed by atoms with Crippen LogP contribution in [0.4, 0.5) is 4.39 Å². The van der Waals surface area contributed by atoms with E-state index in [0.29, 0.717) is 24.8 Å². The minimum Gasteiger partial charge on any atom is -0.409 e. The molecule has 0 heterocycles. The number of halogens is 1. The van der Waals surface area contributed by atoms with Crippen molar-refractivity contribution in [1.82, 2.24) is 4.90 Å². The van der Waals surface area contributed by atoms with Crippen molar-refractivity contribution in [2.45, 2.75) is 32.9 Å². The minimum atomic E-state index is -0.410. The summed E-state index contributed by atoms with van der Waals surface area (Å²) in [7, 11) is 1.66. The van der Waals surface area contributed by atoms with E-state index in [0.717, 1.165) is 18.5 Å². The van der Waals surface area contributed by atoms with Gasteiger partial charge in [-0.25, -0.2) is 4.39 Å². The number of benzene rings is 1. The monoisotopic (exact) mass is 297 g/mol. The molecular formula is C15H24FN3O2. The van der Waals surface area contributed by atoms with Gasteiger partial charge in [0.25, 0.3) is 0 Å². The van der Waals surface area contributed by atoms with E-state index in [1.807, 2.05) is 0 Å². The predicted octanol–water partition coefficient (Wildman–Crippen LogP) is 2.17. The quantitative estimate of drug-likeness (QED) is 0.334. The summed E-state index contributed by atoms with van der Waals surface area (Å²) in [5, 5.41) is 11.8. The van der Waals surface area contributed by atoms with Crippen LogP contribution in [0.3, 0.4) is 0 Å². The Balaban J connectivity index is 3.02. The van der Waals surface area contributed by atoms with Gasteiger partial charge in [0.15, 0.2) is 5.84 Å². The van der Waals surface area contributed by atoms with Gasteiger partial charge in [-0.1, -0.05) is 18.1 Å². The second kappa shape index (κ2) is 8.59. The third kappa shape index (κ3) is 4.99. The highest BCUT2D eigenvalue weighted by Crippen LogP contribution is 2.16. The Hall–Kier alpha value is -1.66. The highest BCUT2D eigenvalue weighted by atomic mass is 19.1. The Morgan fingerprint density at radius 3 is 2.81 bits per heavy atom. The molecule has 0 amide bonds. The molecular weight excluding hydrogens is 273 g/mol. The zero-order chi connectivity index (χ0) is 15.8. The fourth-order valence-electron chi connectivity index (χ4n) is 2.12. The Morgan fingerprint density at radius 2 is 2.24 bits per heavy atom. The summed E-state index contributed by atoms with van der Waals surface area (Å²) in [5.74, 6) is -0.493. The van der Waals surface area contributed by atoms with Crippen molar-refractivity contribution in [3.8, 4) is 0 Å². The first-order valence-corrected chi connectivity index (χ1v) is 7.02. The lowest BCUT2D eigenvalue weighted by Gasteiger charge is -2.29. The summed E-state index contributed by atoms with van der Waals surface area (Å²) in [4.78, 5) is 2.23. The van der Waals surface area contributed by atoms with Gasteiger partial charge in [0.2, 0.25) is 0 Å². The Morgan fingerprint density at radius 1 is 1.52 bits per heavy atom. The van der Waals surface area contributed by atoms with Crippen LogP contribution in [0.5, 0.6) is 0 Å². The number of nitrogens with zero attached hydrogens (tertiary/aromatic N) is 2. The lowest BCUT2D eigenvalue weighted by Crippen LogP contribution is -2.35. The molecule has 0 saturated heterocycles. The third-order valence-corrected chi connectivity index (χ3v) is 3.63. The number of hydrogen-bond donors (Lipinski definition) is 2. The average Bonchev–Trinajstić information content (AvgIpc) is 2.50. The molecule has 1 unspecified atom stereocenters. The zero-order valence-corrected chi connectivity index (χ0v) is 12.8. The Bertz CT molecular complexity index is 480. The van der Waals surface area contributed by atoms with Gasteiger partial charge in [-0.2, -0.15) is 0 Å². The smallest absolute Gasteiger partial charge is 0.170 e. The normalized spacial score (nSPS) is 13.7. The van der Waals surface area contributed by atoms with Gasteiger partial charge in [0, 0.05) is 31.8 Å². The van der Waals surface area contributed by atoms with E-state index in [-0.39, 0.29) is 5.84 Å². The van der Waals surface area contributed by atoms with Crippen LogP contribution >= 0.6 is 0 Å². The second-order valence-corrected chi connectivity index (χ2v) is 5.01. The van der Waals surface area contributed by atoms with Gasteiger partial charge >= 0.3 is 0 Å². The summed E-state index contributed by atoms with van der Waals surface area (Å²) in [6.07, 6.45) is 0.990. The fraction of sp³-hybridized carbons (Fsp3) is 0.533. The average molecular weight is 297 g/mol. The van der Waals surface area contributed by atoms with Crippen LogP contribution < -0.4 is 5.73 Å². The summed E-state index contributed by atoms with van der Waals surface area (Å²) in [6, 6.07) is 4.69.